The van der Waals surface area contributed by atoms with E-state index in [-0.39, 0.29) is 11.9 Å². The molecule has 6 nitrogen and oxygen atoms in total. The number of anilines is 1. The third kappa shape index (κ3) is 7.09. The largest absolute Gasteiger partial charge is 0.390 e. The molecule has 1 saturated heterocycles. The van der Waals surface area contributed by atoms with Crippen molar-refractivity contribution in [3.05, 3.63) is 30.3 Å². The molecule has 6 heteroatoms. The van der Waals surface area contributed by atoms with Crippen LogP contribution in [0.5, 0.6) is 0 Å². The summed E-state index contributed by atoms with van der Waals surface area (Å²) in [4.78, 5) is 14.1. The van der Waals surface area contributed by atoms with Crippen LogP contribution in [0.25, 0.3) is 0 Å². The molecule has 0 saturated carbocycles. The molecule has 1 fully saturated rings. The van der Waals surface area contributed by atoms with E-state index in [0.29, 0.717) is 19.5 Å². The first-order chi connectivity index (χ1) is 11.1. The molecule has 0 unspecified atom stereocenters. The van der Waals surface area contributed by atoms with Crippen molar-refractivity contribution < 1.29 is 14.6 Å². The van der Waals surface area contributed by atoms with E-state index in [2.05, 4.69) is 15.5 Å². The lowest BCUT2D eigenvalue weighted by molar-refractivity contribution is -0.116. The average Bonchev–Trinajstić information content (AvgIpc) is 2.55. The van der Waals surface area contributed by atoms with Gasteiger partial charge in [0.05, 0.1) is 19.3 Å². The first kappa shape index (κ1) is 17.9. The normalized spacial score (nSPS) is 18.3. The van der Waals surface area contributed by atoms with Crippen molar-refractivity contribution in [3.63, 3.8) is 0 Å². The Hall–Kier alpha value is -1.47. The van der Waals surface area contributed by atoms with Crippen LogP contribution < -0.4 is 10.6 Å². The molecule has 0 radical (unpaired) electrons. The summed E-state index contributed by atoms with van der Waals surface area (Å²) in [6.07, 6.45) is -0.0631. The van der Waals surface area contributed by atoms with E-state index >= 15 is 0 Å². The Balaban J connectivity index is 1.61. The number of ether oxygens (including phenoxy) is 1. The first-order valence-corrected chi connectivity index (χ1v) is 8.20. The lowest BCUT2D eigenvalue weighted by Crippen LogP contribution is -2.45. The molecule has 128 valence electrons. The SMILES string of the molecule is C[C@@H](CC(=O)Nc1ccccc1)NC[C@@H](O)CN1CCOCC1. The summed E-state index contributed by atoms with van der Waals surface area (Å²) < 4.78 is 5.29. The Bertz CT molecular complexity index is 463. The van der Waals surface area contributed by atoms with E-state index in [1.165, 1.54) is 0 Å². The molecule has 23 heavy (non-hydrogen) atoms. The first-order valence-electron chi connectivity index (χ1n) is 8.20. The Labute approximate surface area is 137 Å². The van der Waals surface area contributed by atoms with Gasteiger partial charge in [-0.3, -0.25) is 9.69 Å². The van der Waals surface area contributed by atoms with Crippen molar-refractivity contribution in [3.8, 4) is 0 Å². The third-order valence-corrected chi connectivity index (χ3v) is 3.82. The number of β-amino-alcohol motifs (C(OH)–C–C–N with tert-alkyl or cyclic N) is 1. The number of hydrogen-bond donors (Lipinski definition) is 3. The van der Waals surface area contributed by atoms with E-state index in [1.807, 2.05) is 37.3 Å². The molecule has 1 aromatic rings. The second-order valence-corrected chi connectivity index (χ2v) is 5.99. The number of nitrogens with one attached hydrogen (secondary N) is 2. The van der Waals surface area contributed by atoms with Gasteiger partial charge in [0.2, 0.25) is 5.91 Å². The number of hydrogen-bond acceptors (Lipinski definition) is 5. The van der Waals surface area contributed by atoms with Gasteiger partial charge in [0, 0.05) is 44.3 Å². The fourth-order valence-electron chi connectivity index (χ4n) is 2.57. The second-order valence-electron chi connectivity index (χ2n) is 5.99. The van der Waals surface area contributed by atoms with Crippen molar-refractivity contribution in [2.75, 3.05) is 44.7 Å². The predicted molar refractivity (Wildman–Crippen MR) is 90.4 cm³/mol. The number of carbonyl (C=O) groups is 1. The Kier molecular flexibility index (Phi) is 7.48. The number of aliphatic hydroxyl groups excluding tert-OH is 1. The molecule has 0 spiro atoms. The van der Waals surface area contributed by atoms with Crippen LogP contribution in [0.2, 0.25) is 0 Å². The Morgan fingerprint density at radius 3 is 2.70 bits per heavy atom. The highest BCUT2D eigenvalue weighted by molar-refractivity contribution is 5.90. The van der Waals surface area contributed by atoms with Gasteiger partial charge in [-0.1, -0.05) is 18.2 Å². The van der Waals surface area contributed by atoms with Crippen LogP contribution in [-0.4, -0.2) is 67.5 Å². The number of carbonyl (C=O) groups excluding carboxylic acids is 1. The molecule has 0 aromatic heterocycles. The van der Waals surface area contributed by atoms with Gasteiger partial charge in [-0.05, 0) is 19.1 Å². The average molecular weight is 321 g/mol. The second kappa shape index (κ2) is 9.62. The summed E-state index contributed by atoms with van der Waals surface area (Å²) in [6.45, 7) is 6.27. The number of nitrogens with zero attached hydrogens (tertiary/aromatic N) is 1. The number of amides is 1. The van der Waals surface area contributed by atoms with Gasteiger partial charge in [-0.2, -0.15) is 0 Å². The lowest BCUT2D eigenvalue weighted by atomic mass is 10.2. The highest BCUT2D eigenvalue weighted by atomic mass is 16.5. The highest BCUT2D eigenvalue weighted by Gasteiger charge is 2.16. The molecular formula is C17H27N3O3. The van der Waals surface area contributed by atoms with Crippen LogP contribution in [0.1, 0.15) is 13.3 Å². The topological polar surface area (TPSA) is 73.8 Å². The van der Waals surface area contributed by atoms with Gasteiger partial charge in [0.1, 0.15) is 0 Å². The summed E-state index contributed by atoms with van der Waals surface area (Å²) in [5, 5.41) is 16.2. The zero-order valence-electron chi connectivity index (χ0n) is 13.7. The number of para-hydroxylation sites is 1. The lowest BCUT2D eigenvalue weighted by Gasteiger charge is -2.29. The van der Waals surface area contributed by atoms with Gasteiger partial charge in [0.15, 0.2) is 0 Å². The van der Waals surface area contributed by atoms with Gasteiger partial charge in [-0.15, -0.1) is 0 Å². The van der Waals surface area contributed by atoms with Gasteiger partial charge in [-0.25, -0.2) is 0 Å². The standard InChI is InChI=1S/C17H27N3O3/c1-14(11-17(22)19-15-5-3-2-4-6-15)18-12-16(21)13-20-7-9-23-10-8-20/h2-6,14,16,18,21H,7-13H2,1H3,(H,19,22)/t14-,16+/m0/s1. The predicted octanol–water partition coefficient (Wildman–Crippen LogP) is 0.686. The molecule has 1 aliphatic heterocycles. The number of aliphatic hydroxyl groups is 1. The van der Waals surface area contributed by atoms with Gasteiger partial charge in [0.25, 0.3) is 0 Å². The van der Waals surface area contributed by atoms with Crippen molar-refractivity contribution in [2.45, 2.75) is 25.5 Å². The number of benzene rings is 1. The van der Waals surface area contributed by atoms with E-state index in [0.717, 1.165) is 32.0 Å². The maximum absolute atomic E-state index is 11.9. The Morgan fingerprint density at radius 2 is 2.00 bits per heavy atom. The fraction of sp³-hybridized carbons (Fsp3) is 0.588. The fourth-order valence-corrected chi connectivity index (χ4v) is 2.57. The molecule has 1 heterocycles. The molecule has 1 amide bonds. The molecule has 2 atom stereocenters. The third-order valence-electron chi connectivity index (χ3n) is 3.82. The molecule has 1 aromatic carbocycles. The summed E-state index contributed by atoms with van der Waals surface area (Å²) in [5.41, 5.74) is 0.803. The molecule has 1 aliphatic rings. The van der Waals surface area contributed by atoms with Crippen LogP contribution in [0.15, 0.2) is 30.3 Å². The van der Waals surface area contributed by atoms with Crippen molar-refractivity contribution >= 4 is 11.6 Å². The van der Waals surface area contributed by atoms with Crippen molar-refractivity contribution in [1.82, 2.24) is 10.2 Å². The van der Waals surface area contributed by atoms with Crippen LogP contribution >= 0.6 is 0 Å². The minimum absolute atomic E-state index is 0.0121. The van der Waals surface area contributed by atoms with Crippen LogP contribution in [0.4, 0.5) is 5.69 Å². The molecular weight excluding hydrogens is 294 g/mol. The van der Waals surface area contributed by atoms with Crippen LogP contribution in [-0.2, 0) is 9.53 Å². The summed E-state index contributed by atoms with van der Waals surface area (Å²) in [5.74, 6) is -0.0288. The quantitative estimate of drug-likeness (QED) is 0.657. The zero-order valence-corrected chi connectivity index (χ0v) is 13.7. The van der Waals surface area contributed by atoms with Gasteiger partial charge < -0.3 is 20.5 Å². The molecule has 0 aliphatic carbocycles. The smallest absolute Gasteiger partial charge is 0.225 e. The Morgan fingerprint density at radius 1 is 1.30 bits per heavy atom. The molecule has 3 N–H and O–H groups in total. The van der Waals surface area contributed by atoms with E-state index in [4.69, 9.17) is 4.74 Å². The summed E-state index contributed by atoms with van der Waals surface area (Å²) >= 11 is 0. The highest BCUT2D eigenvalue weighted by Crippen LogP contribution is 2.06. The number of rotatable bonds is 8. The molecule has 0 bridgehead atoms. The van der Waals surface area contributed by atoms with E-state index < -0.39 is 6.10 Å². The van der Waals surface area contributed by atoms with Crippen LogP contribution in [0, 0.1) is 0 Å². The minimum atomic E-state index is -0.437. The zero-order chi connectivity index (χ0) is 16.5. The number of morpholine rings is 1. The maximum Gasteiger partial charge on any atom is 0.225 e. The summed E-state index contributed by atoms with van der Waals surface area (Å²) in [6, 6.07) is 9.43. The van der Waals surface area contributed by atoms with Gasteiger partial charge >= 0.3 is 0 Å². The van der Waals surface area contributed by atoms with Crippen molar-refractivity contribution in [1.29, 1.82) is 0 Å². The van der Waals surface area contributed by atoms with E-state index in [1.54, 1.807) is 0 Å². The monoisotopic (exact) mass is 321 g/mol. The summed E-state index contributed by atoms with van der Waals surface area (Å²) in [7, 11) is 0. The van der Waals surface area contributed by atoms with Crippen molar-refractivity contribution in [2.24, 2.45) is 0 Å². The van der Waals surface area contributed by atoms with E-state index in [9.17, 15) is 9.90 Å². The van der Waals surface area contributed by atoms with Crippen LogP contribution in [0.3, 0.4) is 0 Å². The maximum atomic E-state index is 11.9. The minimum Gasteiger partial charge on any atom is -0.390 e. The molecule has 2 rings (SSSR count).